The van der Waals surface area contributed by atoms with E-state index in [2.05, 4.69) is 36.4 Å². The SMILES string of the molecule is CCN1CCCC1CN(C)CCCCCS. The first kappa shape index (κ1) is 14.3. The molecule has 3 heteroatoms. The average molecular weight is 244 g/mol. The maximum atomic E-state index is 4.24. The maximum absolute atomic E-state index is 4.24. The van der Waals surface area contributed by atoms with Crippen LogP contribution in [0.5, 0.6) is 0 Å². The molecule has 1 aliphatic rings. The Balaban J connectivity index is 2.10. The molecular weight excluding hydrogens is 216 g/mol. The van der Waals surface area contributed by atoms with E-state index in [1.807, 2.05) is 0 Å². The first-order valence-corrected chi connectivity index (χ1v) is 7.44. The van der Waals surface area contributed by atoms with E-state index < -0.39 is 0 Å². The molecule has 1 aliphatic heterocycles. The molecule has 0 aromatic heterocycles. The van der Waals surface area contributed by atoms with Gasteiger partial charge in [0.05, 0.1) is 0 Å². The highest BCUT2D eigenvalue weighted by Crippen LogP contribution is 2.17. The number of thiol groups is 1. The maximum Gasteiger partial charge on any atom is 0.0223 e. The molecule has 0 amide bonds. The molecule has 1 saturated heterocycles. The van der Waals surface area contributed by atoms with E-state index in [-0.39, 0.29) is 0 Å². The van der Waals surface area contributed by atoms with E-state index in [1.165, 1.54) is 58.3 Å². The number of likely N-dealkylation sites (tertiary alicyclic amines) is 1. The highest BCUT2D eigenvalue weighted by Gasteiger charge is 2.23. The summed E-state index contributed by atoms with van der Waals surface area (Å²) in [5.74, 6) is 1.04. The number of hydrogen-bond acceptors (Lipinski definition) is 3. The van der Waals surface area contributed by atoms with Crippen LogP contribution >= 0.6 is 12.6 Å². The van der Waals surface area contributed by atoms with Gasteiger partial charge in [0, 0.05) is 12.6 Å². The monoisotopic (exact) mass is 244 g/mol. The van der Waals surface area contributed by atoms with Gasteiger partial charge in [-0.1, -0.05) is 13.3 Å². The minimum Gasteiger partial charge on any atom is -0.305 e. The second-order valence-corrected chi connectivity index (χ2v) is 5.42. The lowest BCUT2D eigenvalue weighted by molar-refractivity contribution is 0.197. The minimum atomic E-state index is 0.819. The summed E-state index contributed by atoms with van der Waals surface area (Å²) in [6.45, 7) is 7.33. The van der Waals surface area contributed by atoms with E-state index in [4.69, 9.17) is 0 Å². The fourth-order valence-electron chi connectivity index (χ4n) is 2.64. The van der Waals surface area contributed by atoms with Crippen LogP contribution in [0.1, 0.15) is 39.0 Å². The van der Waals surface area contributed by atoms with Gasteiger partial charge in [0.15, 0.2) is 0 Å². The summed E-state index contributed by atoms with van der Waals surface area (Å²) in [4.78, 5) is 5.14. The predicted molar refractivity (Wildman–Crippen MR) is 75.5 cm³/mol. The van der Waals surface area contributed by atoms with Crippen molar-refractivity contribution >= 4 is 12.6 Å². The summed E-state index contributed by atoms with van der Waals surface area (Å²) in [7, 11) is 2.27. The molecule has 0 radical (unpaired) electrons. The van der Waals surface area contributed by atoms with Crippen LogP contribution in [0.3, 0.4) is 0 Å². The molecule has 16 heavy (non-hydrogen) atoms. The van der Waals surface area contributed by atoms with Gasteiger partial charge in [0.1, 0.15) is 0 Å². The van der Waals surface area contributed by atoms with Crippen molar-refractivity contribution in [3.8, 4) is 0 Å². The van der Waals surface area contributed by atoms with Crippen molar-refractivity contribution < 1.29 is 0 Å². The van der Waals surface area contributed by atoms with Gasteiger partial charge in [0.2, 0.25) is 0 Å². The molecule has 2 nitrogen and oxygen atoms in total. The summed E-state index contributed by atoms with van der Waals surface area (Å²) in [6.07, 6.45) is 6.72. The van der Waals surface area contributed by atoms with Crippen molar-refractivity contribution in [1.82, 2.24) is 9.80 Å². The zero-order chi connectivity index (χ0) is 11.8. The zero-order valence-corrected chi connectivity index (χ0v) is 11.9. The van der Waals surface area contributed by atoms with Crippen LogP contribution in [0.2, 0.25) is 0 Å². The standard InChI is InChI=1S/C13H28N2S/c1-3-15-10-7-8-13(15)12-14(2)9-5-4-6-11-16/h13,16H,3-12H2,1-2H3. The summed E-state index contributed by atoms with van der Waals surface area (Å²) in [6, 6.07) is 0.819. The summed E-state index contributed by atoms with van der Waals surface area (Å²) >= 11 is 4.24. The van der Waals surface area contributed by atoms with Gasteiger partial charge < -0.3 is 4.90 Å². The van der Waals surface area contributed by atoms with Gasteiger partial charge >= 0.3 is 0 Å². The Labute approximate surface area is 107 Å². The molecule has 0 aromatic rings. The first-order valence-electron chi connectivity index (χ1n) is 6.81. The molecular formula is C13H28N2S. The van der Waals surface area contributed by atoms with Crippen molar-refractivity contribution in [1.29, 1.82) is 0 Å². The summed E-state index contributed by atoms with van der Waals surface area (Å²) in [5, 5.41) is 0. The number of unbranched alkanes of at least 4 members (excludes halogenated alkanes) is 2. The second-order valence-electron chi connectivity index (χ2n) is 4.97. The molecule has 1 rings (SSSR count). The number of hydrogen-bond donors (Lipinski definition) is 1. The summed E-state index contributed by atoms with van der Waals surface area (Å²) < 4.78 is 0. The molecule has 1 unspecified atom stereocenters. The van der Waals surface area contributed by atoms with E-state index in [9.17, 15) is 0 Å². The zero-order valence-electron chi connectivity index (χ0n) is 11.0. The third-order valence-electron chi connectivity index (χ3n) is 3.63. The van der Waals surface area contributed by atoms with Crippen molar-refractivity contribution in [2.45, 2.75) is 45.1 Å². The van der Waals surface area contributed by atoms with E-state index in [0.717, 1.165) is 11.8 Å². The van der Waals surface area contributed by atoms with Crippen LogP contribution in [-0.4, -0.2) is 54.8 Å². The molecule has 96 valence electrons. The van der Waals surface area contributed by atoms with E-state index >= 15 is 0 Å². The highest BCUT2D eigenvalue weighted by atomic mass is 32.1. The first-order chi connectivity index (χ1) is 7.77. The van der Waals surface area contributed by atoms with E-state index in [1.54, 1.807) is 0 Å². The van der Waals surface area contributed by atoms with Gasteiger partial charge in [-0.25, -0.2) is 0 Å². The molecule has 0 aromatic carbocycles. The minimum absolute atomic E-state index is 0.819. The Hall–Kier alpha value is 0.270. The van der Waals surface area contributed by atoms with Gasteiger partial charge in [-0.2, -0.15) is 12.6 Å². The average Bonchev–Trinajstić information content (AvgIpc) is 2.71. The number of likely N-dealkylation sites (N-methyl/N-ethyl adjacent to an activating group) is 2. The Kier molecular flexibility index (Phi) is 7.50. The molecule has 1 heterocycles. The van der Waals surface area contributed by atoms with Gasteiger partial charge in [-0.05, 0) is 58.1 Å². The fraction of sp³-hybridized carbons (Fsp3) is 1.00. The van der Waals surface area contributed by atoms with Crippen molar-refractivity contribution in [3.63, 3.8) is 0 Å². The van der Waals surface area contributed by atoms with Gasteiger partial charge in [0.25, 0.3) is 0 Å². The van der Waals surface area contributed by atoms with Gasteiger partial charge in [-0.3, -0.25) is 4.90 Å². The number of nitrogens with zero attached hydrogens (tertiary/aromatic N) is 2. The second kappa shape index (κ2) is 8.37. The largest absolute Gasteiger partial charge is 0.305 e. The molecule has 1 atom stereocenters. The molecule has 0 N–H and O–H groups in total. The van der Waals surface area contributed by atoms with Crippen LogP contribution in [0.25, 0.3) is 0 Å². The lowest BCUT2D eigenvalue weighted by atomic mass is 10.2. The quantitative estimate of drug-likeness (QED) is 0.518. The van der Waals surface area contributed by atoms with Crippen LogP contribution in [0, 0.1) is 0 Å². The normalized spacial score (nSPS) is 22.1. The third-order valence-corrected chi connectivity index (χ3v) is 3.94. The lowest BCUT2D eigenvalue weighted by Crippen LogP contribution is -2.39. The van der Waals surface area contributed by atoms with Gasteiger partial charge in [-0.15, -0.1) is 0 Å². The molecule has 0 bridgehead atoms. The van der Waals surface area contributed by atoms with Crippen LogP contribution in [0.15, 0.2) is 0 Å². The highest BCUT2D eigenvalue weighted by molar-refractivity contribution is 7.80. The Bertz CT molecular complexity index is 175. The predicted octanol–water partition coefficient (Wildman–Crippen LogP) is 2.50. The molecule has 1 fully saturated rings. The Morgan fingerprint density at radius 1 is 1.31 bits per heavy atom. The number of rotatable bonds is 8. The van der Waals surface area contributed by atoms with Crippen molar-refractivity contribution in [2.75, 3.05) is 39.0 Å². The third kappa shape index (κ3) is 5.07. The molecule has 0 spiro atoms. The molecule has 0 aliphatic carbocycles. The lowest BCUT2D eigenvalue weighted by Gasteiger charge is -2.27. The van der Waals surface area contributed by atoms with E-state index in [0.29, 0.717) is 0 Å². The van der Waals surface area contributed by atoms with Crippen molar-refractivity contribution in [2.24, 2.45) is 0 Å². The van der Waals surface area contributed by atoms with Crippen LogP contribution in [0.4, 0.5) is 0 Å². The smallest absolute Gasteiger partial charge is 0.0223 e. The topological polar surface area (TPSA) is 6.48 Å². The Morgan fingerprint density at radius 2 is 2.12 bits per heavy atom. The molecule has 0 saturated carbocycles. The van der Waals surface area contributed by atoms with Crippen LogP contribution < -0.4 is 0 Å². The summed E-state index contributed by atoms with van der Waals surface area (Å²) in [5.41, 5.74) is 0. The van der Waals surface area contributed by atoms with Crippen molar-refractivity contribution in [3.05, 3.63) is 0 Å². The Morgan fingerprint density at radius 3 is 2.81 bits per heavy atom. The van der Waals surface area contributed by atoms with Crippen LogP contribution in [-0.2, 0) is 0 Å². The fourth-order valence-corrected chi connectivity index (χ4v) is 2.86.